The lowest BCUT2D eigenvalue weighted by Crippen LogP contribution is -2.61. The van der Waals surface area contributed by atoms with Gasteiger partial charge in [0.25, 0.3) is 5.91 Å². The van der Waals surface area contributed by atoms with E-state index in [0.717, 1.165) is 35.7 Å². The highest BCUT2D eigenvalue weighted by atomic mass is 16.2. The molecule has 5 heteroatoms. The fraction of sp³-hybridized carbons (Fsp3) is 0.625. The van der Waals surface area contributed by atoms with Crippen molar-refractivity contribution in [2.75, 3.05) is 4.90 Å². The molecular weight excluding hydrogens is 360 g/mol. The molecule has 2 unspecified atom stereocenters. The molecule has 29 heavy (non-hydrogen) atoms. The summed E-state index contributed by atoms with van der Waals surface area (Å²) in [6, 6.07) is 8.23. The van der Waals surface area contributed by atoms with E-state index in [-0.39, 0.29) is 17.5 Å². The molecule has 0 saturated heterocycles. The van der Waals surface area contributed by atoms with Gasteiger partial charge in [-0.3, -0.25) is 9.69 Å². The van der Waals surface area contributed by atoms with Crippen LogP contribution in [0.15, 0.2) is 24.3 Å². The van der Waals surface area contributed by atoms with Gasteiger partial charge < -0.3 is 0 Å². The molecule has 154 valence electrons. The van der Waals surface area contributed by atoms with Crippen LogP contribution in [0.25, 0.3) is 0 Å². The number of nitrogens with zero attached hydrogens (tertiary/aromatic N) is 4. The SMILES string of the molecule is CCc1nc2n(n1)C1(CCCCC1)C1CCCCC1N2C(=O)c1cccc(C)c1. The van der Waals surface area contributed by atoms with Crippen molar-refractivity contribution in [3.05, 3.63) is 41.2 Å². The van der Waals surface area contributed by atoms with E-state index in [9.17, 15) is 4.79 Å². The van der Waals surface area contributed by atoms with Gasteiger partial charge in [-0.25, -0.2) is 4.68 Å². The second-order valence-electron chi connectivity index (χ2n) is 9.26. The van der Waals surface area contributed by atoms with E-state index >= 15 is 0 Å². The lowest BCUT2D eigenvalue weighted by Gasteiger charge is -2.55. The molecule has 2 saturated carbocycles. The highest BCUT2D eigenvalue weighted by Gasteiger charge is 2.55. The second kappa shape index (κ2) is 7.26. The minimum Gasteiger partial charge on any atom is -0.273 e. The monoisotopic (exact) mass is 392 g/mol. The van der Waals surface area contributed by atoms with Gasteiger partial charge in [0.2, 0.25) is 5.95 Å². The third-order valence-electron chi connectivity index (χ3n) is 7.54. The molecule has 2 fully saturated rings. The number of benzene rings is 1. The lowest BCUT2D eigenvalue weighted by molar-refractivity contribution is 0.0311. The van der Waals surface area contributed by atoms with Crippen molar-refractivity contribution in [3.8, 4) is 0 Å². The van der Waals surface area contributed by atoms with E-state index in [4.69, 9.17) is 10.1 Å². The standard InChI is InChI=1S/C24H32N4O/c1-3-21-25-23-27(22(29)18-11-9-10-17(2)16-18)20-13-6-5-12-19(20)24(28(23)26-21)14-7-4-8-15-24/h9-11,16,19-20H,3-8,12-15H2,1-2H3. The summed E-state index contributed by atoms with van der Waals surface area (Å²) in [5.41, 5.74) is 1.94. The zero-order valence-corrected chi connectivity index (χ0v) is 17.7. The smallest absolute Gasteiger partial charge is 0.260 e. The largest absolute Gasteiger partial charge is 0.273 e. The van der Waals surface area contributed by atoms with E-state index in [0.29, 0.717) is 5.92 Å². The van der Waals surface area contributed by atoms with Crippen LogP contribution in [0.2, 0.25) is 0 Å². The first-order valence-electron chi connectivity index (χ1n) is 11.5. The average Bonchev–Trinajstić information content (AvgIpc) is 3.20. The van der Waals surface area contributed by atoms with Crippen LogP contribution >= 0.6 is 0 Å². The summed E-state index contributed by atoms with van der Waals surface area (Å²) in [6.07, 6.45) is 11.7. The molecule has 2 atom stereocenters. The second-order valence-corrected chi connectivity index (χ2v) is 9.26. The third kappa shape index (κ3) is 2.92. The average molecular weight is 393 g/mol. The molecule has 0 N–H and O–H groups in total. The summed E-state index contributed by atoms with van der Waals surface area (Å²) >= 11 is 0. The molecule has 1 spiro atoms. The van der Waals surface area contributed by atoms with Crippen molar-refractivity contribution in [1.29, 1.82) is 0 Å². The van der Waals surface area contributed by atoms with Gasteiger partial charge in [-0.2, -0.15) is 10.1 Å². The van der Waals surface area contributed by atoms with Crippen LogP contribution in [0.4, 0.5) is 5.95 Å². The number of anilines is 1. The predicted molar refractivity (Wildman–Crippen MR) is 114 cm³/mol. The van der Waals surface area contributed by atoms with Gasteiger partial charge in [-0.1, -0.05) is 56.7 Å². The van der Waals surface area contributed by atoms with Crippen LogP contribution in [-0.2, 0) is 12.0 Å². The van der Waals surface area contributed by atoms with Crippen molar-refractivity contribution >= 4 is 11.9 Å². The molecule has 5 rings (SSSR count). The molecule has 1 amide bonds. The van der Waals surface area contributed by atoms with E-state index in [1.165, 1.54) is 51.4 Å². The Labute approximate surface area is 173 Å². The van der Waals surface area contributed by atoms with Gasteiger partial charge in [0.1, 0.15) is 0 Å². The van der Waals surface area contributed by atoms with E-state index in [1.54, 1.807) is 0 Å². The molecule has 2 aliphatic carbocycles. The van der Waals surface area contributed by atoms with Crippen LogP contribution < -0.4 is 4.90 Å². The van der Waals surface area contributed by atoms with Gasteiger partial charge in [0, 0.05) is 23.9 Å². The van der Waals surface area contributed by atoms with Gasteiger partial charge >= 0.3 is 0 Å². The molecule has 0 radical (unpaired) electrons. The molecule has 5 nitrogen and oxygen atoms in total. The Morgan fingerprint density at radius 1 is 1.14 bits per heavy atom. The lowest BCUT2D eigenvalue weighted by atomic mass is 9.64. The molecule has 1 aromatic heterocycles. The van der Waals surface area contributed by atoms with Crippen molar-refractivity contribution in [3.63, 3.8) is 0 Å². The zero-order chi connectivity index (χ0) is 20.0. The normalized spacial score (nSPS) is 25.5. The summed E-state index contributed by atoms with van der Waals surface area (Å²) in [5.74, 6) is 2.25. The Bertz CT molecular complexity index is 911. The first kappa shape index (κ1) is 18.8. The van der Waals surface area contributed by atoms with Crippen LogP contribution in [0, 0.1) is 12.8 Å². The van der Waals surface area contributed by atoms with Gasteiger partial charge in [-0.15, -0.1) is 0 Å². The number of fused-ring (bicyclic) bond motifs is 4. The van der Waals surface area contributed by atoms with Crippen molar-refractivity contribution in [2.45, 2.75) is 89.6 Å². The van der Waals surface area contributed by atoms with Crippen molar-refractivity contribution in [1.82, 2.24) is 14.8 Å². The Hall–Kier alpha value is -2.17. The number of carbonyl (C=O) groups excluding carboxylic acids is 1. The van der Waals surface area contributed by atoms with Crippen LogP contribution in [0.1, 0.15) is 86.5 Å². The zero-order valence-electron chi connectivity index (χ0n) is 17.7. The third-order valence-corrected chi connectivity index (χ3v) is 7.54. The van der Waals surface area contributed by atoms with Crippen molar-refractivity contribution in [2.24, 2.45) is 5.92 Å². The maximum Gasteiger partial charge on any atom is 0.260 e. The quantitative estimate of drug-likeness (QED) is 0.720. The summed E-state index contributed by atoms with van der Waals surface area (Å²) in [5, 5.41) is 4.99. The first-order valence-corrected chi connectivity index (χ1v) is 11.5. The van der Waals surface area contributed by atoms with Gasteiger partial charge in [-0.05, 0) is 44.7 Å². The minimum absolute atomic E-state index is 0.0580. The highest BCUT2D eigenvalue weighted by Crippen LogP contribution is 2.52. The molecule has 2 heterocycles. The van der Waals surface area contributed by atoms with Crippen molar-refractivity contribution < 1.29 is 4.79 Å². The maximum atomic E-state index is 13.8. The Kier molecular flexibility index (Phi) is 4.72. The summed E-state index contributed by atoms with van der Waals surface area (Å²) in [6.45, 7) is 4.15. The number of hydrogen-bond acceptors (Lipinski definition) is 3. The van der Waals surface area contributed by atoms with E-state index in [2.05, 4.69) is 11.6 Å². The Morgan fingerprint density at radius 2 is 1.93 bits per heavy atom. The fourth-order valence-corrected chi connectivity index (χ4v) is 6.21. The summed E-state index contributed by atoms with van der Waals surface area (Å²) in [7, 11) is 0. The number of hydrogen-bond donors (Lipinski definition) is 0. The molecule has 1 aromatic carbocycles. The Balaban J connectivity index is 1.67. The van der Waals surface area contributed by atoms with Crippen LogP contribution in [0.3, 0.4) is 0 Å². The van der Waals surface area contributed by atoms with Gasteiger partial charge in [0.05, 0.1) is 5.54 Å². The highest BCUT2D eigenvalue weighted by molar-refractivity contribution is 6.06. The first-order chi connectivity index (χ1) is 14.1. The predicted octanol–water partition coefficient (Wildman–Crippen LogP) is 5.03. The van der Waals surface area contributed by atoms with Gasteiger partial charge in [0.15, 0.2) is 5.82 Å². The number of amides is 1. The molecular formula is C24H32N4O. The number of carbonyl (C=O) groups is 1. The maximum absolute atomic E-state index is 13.8. The molecule has 3 aliphatic rings. The molecule has 1 aliphatic heterocycles. The van der Waals surface area contributed by atoms with Crippen LogP contribution in [0.5, 0.6) is 0 Å². The van der Waals surface area contributed by atoms with E-state index < -0.39 is 0 Å². The molecule has 0 bridgehead atoms. The Morgan fingerprint density at radius 3 is 2.69 bits per heavy atom. The number of aryl methyl sites for hydroxylation is 2. The number of aromatic nitrogens is 3. The van der Waals surface area contributed by atoms with Crippen LogP contribution in [-0.4, -0.2) is 26.7 Å². The summed E-state index contributed by atoms with van der Waals surface area (Å²) < 4.78 is 2.21. The minimum atomic E-state index is 0.0580. The topological polar surface area (TPSA) is 51.0 Å². The number of rotatable bonds is 2. The van der Waals surface area contributed by atoms with E-state index in [1.807, 2.05) is 36.1 Å². The summed E-state index contributed by atoms with van der Waals surface area (Å²) in [4.78, 5) is 20.7. The molecule has 2 aromatic rings. The fourth-order valence-electron chi connectivity index (χ4n) is 6.21.